The Morgan fingerprint density at radius 3 is 2.78 bits per heavy atom. The fourth-order valence-corrected chi connectivity index (χ4v) is 5.29. The molecule has 1 aliphatic heterocycles. The van der Waals surface area contributed by atoms with Crippen molar-refractivity contribution in [2.45, 2.75) is 38.1 Å². The van der Waals surface area contributed by atoms with Gasteiger partial charge in [0.25, 0.3) is 5.91 Å². The first kappa shape index (κ1) is 13.1. The average Bonchev–Trinajstić information content (AvgIpc) is 2.95. The van der Waals surface area contributed by atoms with Crippen molar-refractivity contribution in [3.63, 3.8) is 0 Å². The van der Waals surface area contributed by atoms with E-state index in [-0.39, 0.29) is 5.91 Å². The molecule has 2 heterocycles. The maximum Gasteiger partial charge on any atom is 0.264 e. The van der Waals surface area contributed by atoms with Crippen LogP contribution >= 0.6 is 43.2 Å². The van der Waals surface area contributed by atoms with Gasteiger partial charge in [0.1, 0.15) is 0 Å². The Balaban J connectivity index is 1.83. The highest BCUT2D eigenvalue weighted by molar-refractivity contribution is 9.13. The molecule has 1 aliphatic carbocycles. The molecule has 0 aromatic carbocycles. The third kappa shape index (κ3) is 2.29. The van der Waals surface area contributed by atoms with Crippen LogP contribution in [-0.2, 0) is 0 Å². The zero-order chi connectivity index (χ0) is 12.7. The van der Waals surface area contributed by atoms with E-state index in [1.54, 1.807) is 0 Å². The van der Waals surface area contributed by atoms with Crippen molar-refractivity contribution in [3.8, 4) is 0 Å². The van der Waals surface area contributed by atoms with Crippen molar-refractivity contribution < 1.29 is 4.79 Å². The molecular weight excluding hydrogens is 378 g/mol. The van der Waals surface area contributed by atoms with Gasteiger partial charge in [-0.15, -0.1) is 11.3 Å². The van der Waals surface area contributed by atoms with E-state index in [1.807, 2.05) is 6.07 Å². The molecular formula is C13H15Br2NOS. The Hall–Kier alpha value is 0.130. The second-order valence-electron chi connectivity index (χ2n) is 5.13. The molecule has 3 rings (SSSR count). The predicted molar refractivity (Wildman–Crippen MR) is 81.1 cm³/mol. The van der Waals surface area contributed by atoms with Crippen molar-refractivity contribution in [2.75, 3.05) is 6.54 Å². The van der Waals surface area contributed by atoms with Crippen molar-refractivity contribution >= 4 is 49.1 Å². The fraction of sp³-hybridized carbons (Fsp3) is 0.615. The summed E-state index contributed by atoms with van der Waals surface area (Å²) < 4.78 is 1.99. The van der Waals surface area contributed by atoms with Crippen molar-refractivity contribution in [1.82, 2.24) is 4.90 Å². The number of hydrogen-bond acceptors (Lipinski definition) is 2. The highest BCUT2D eigenvalue weighted by Crippen LogP contribution is 2.39. The van der Waals surface area contributed by atoms with Gasteiger partial charge in [0.15, 0.2) is 0 Å². The van der Waals surface area contributed by atoms with Crippen LogP contribution in [0.1, 0.15) is 41.8 Å². The number of nitrogens with zero attached hydrogens (tertiary/aromatic N) is 1. The summed E-state index contributed by atoms with van der Waals surface area (Å²) in [6.45, 7) is 0.938. The molecule has 5 heteroatoms. The normalized spacial score (nSPS) is 27.3. The number of carbonyl (C=O) groups excluding carboxylic acids is 1. The molecule has 0 spiro atoms. The van der Waals surface area contributed by atoms with Crippen molar-refractivity contribution in [3.05, 3.63) is 19.2 Å². The van der Waals surface area contributed by atoms with Gasteiger partial charge in [0, 0.05) is 17.1 Å². The monoisotopic (exact) mass is 391 g/mol. The summed E-state index contributed by atoms with van der Waals surface area (Å²) in [6, 6.07) is 2.45. The Morgan fingerprint density at radius 1 is 1.28 bits per heavy atom. The fourth-order valence-electron chi connectivity index (χ4n) is 3.30. The van der Waals surface area contributed by atoms with Crippen LogP contribution in [0.15, 0.2) is 14.3 Å². The first-order valence-corrected chi connectivity index (χ1v) is 8.83. The SMILES string of the molecule is O=C(c1cc(Br)c(Br)s1)N1CCCC2CCCC21. The van der Waals surface area contributed by atoms with Gasteiger partial charge in [-0.25, -0.2) is 0 Å². The molecule has 1 aromatic heterocycles. The molecule has 0 radical (unpaired) electrons. The lowest BCUT2D eigenvalue weighted by Gasteiger charge is -2.37. The van der Waals surface area contributed by atoms with Crippen molar-refractivity contribution in [2.24, 2.45) is 5.92 Å². The maximum absolute atomic E-state index is 12.6. The first-order chi connectivity index (χ1) is 8.66. The molecule has 2 unspecified atom stereocenters. The Morgan fingerprint density at radius 2 is 2.06 bits per heavy atom. The third-order valence-corrected chi connectivity index (χ3v) is 7.35. The maximum atomic E-state index is 12.6. The molecule has 0 bridgehead atoms. The molecule has 1 saturated heterocycles. The number of likely N-dealkylation sites (tertiary alicyclic amines) is 1. The Labute approximate surface area is 128 Å². The molecule has 2 atom stereocenters. The summed E-state index contributed by atoms with van der Waals surface area (Å²) >= 11 is 8.45. The molecule has 1 aromatic rings. The standard InChI is InChI=1S/C13H15Br2NOS/c14-9-7-11(18-12(9)15)13(17)16-6-2-4-8-3-1-5-10(8)16/h7-8,10H,1-6H2. The highest BCUT2D eigenvalue weighted by atomic mass is 79.9. The molecule has 1 saturated carbocycles. The van der Waals surface area contributed by atoms with Crippen LogP contribution in [0.5, 0.6) is 0 Å². The molecule has 2 aliphatic rings. The van der Waals surface area contributed by atoms with E-state index in [2.05, 4.69) is 36.8 Å². The molecule has 98 valence electrons. The summed E-state index contributed by atoms with van der Waals surface area (Å²) in [5, 5.41) is 0. The largest absolute Gasteiger partial charge is 0.335 e. The summed E-state index contributed by atoms with van der Waals surface area (Å²) in [5.74, 6) is 0.984. The van der Waals surface area contributed by atoms with Gasteiger partial charge in [-0.05, 0) is 69.5 Å². The summed E-state index contributed by atoms with van der Waals surface area (Å²) in [6.07, 6.45) is 6.28. The minimum Gasteiger partial charge on any atom is -0.335 e. The summed E-state index contributed by atoms with van der Waals surface area (Å²) in [5.41, 5.74) is 0. The van der Waals surface area contributed by atoms with Crippen LogP contribution in [0.2, 0.25) is 0 Å². The zero-order valence-corrected chi connectivity index (χ0v) is 14.0. The van der Waals surface area contributed by atoms with E-state index in [4.69, 9.17) is 0 Å². The lowest BCUT2D eigenvalue weighted by Crippen LogP contribution is -2.45. The van der Waals surface area contributed by atoms with E-state index in [9.17, 15) is 4.79 Å². The predicted octanol–water partition coefficient (Wildman–Crippen LogP) is 4.68. The van der Waals surface area contributed by atoms with Gasteiger partial charge in [-0.1, -0.05) is 6.42 Å². The number of thiophene rings is 1. The van der Waals surface area contributed by atoms with Crippen LogP contribution in [0, 0.1) is 5.92 Å². The van der Waals surface area contributed by atoms with Crippen LogP contribution in [0.4, 0.5) is 0 Å². The zero-order valence-electron chi connectivity index (χ0n) is 9.99. The van der Waals surface area contributed by atoms with Crippen molar-refractivity contribution in [1.29, 1.82) is 0 Å². The van der Waals surface area contributed by atoms with Gasteiger partial charge in [0.05, 0.1) is 8.66 Å². The highest BCUT2D eigenvalue weighted by Gasteiger charge is 2.37. The van der Waals surface area contributed by atoms with Crippen LogP contribution in [0.25, 0.3) is 0 Å². The molecule has 2 nitrogen and oxygen atoms in total. The summed E-state index contributed by atoms with van der Waals surface area (Å²) in [4.78, 5) is 15.6. The van der Waals surface area contributed by atoms with E-state index in [0.29, 0.717) is 6.04 Å². The van der Waals surface area contributed by atoms with Gasteiger partial charge >= 0.3 is 0 Å². The van der Waals surface area contributed by atoms with Gasteiger partial charge in [-0.2, -0.15) is 0 Å². The second-order valence-corrected chi connectivity index (χ2v) is 8.36. The minimum atomic E-state index is 0.225. The molecule has 18 heavy (non-hydrogen) atoms. The third-order valence-electron chi connectivity index (χ3n) is 4.11. The lowest BCUT2D eigenvalue weighted by molar-refractivity contribution is 0.0553. The number of fused-ring (bicyclic) bond motifs is 1. The first-order valence-electron chi connectivity index (χ1n) is 6.42. The van der Waals surface area contributed by atoms with Crippen LogP contribution < -0.4 is 0 Å². The number of carbonyl (C=O) groups is 1. The average molecular weight is 393 g/mol. The molecule has 0 N–H and O–H groups in total. The van der Waals surface area contributed by atoms with Crippen LogP contribution in [-0.4, -0.2) is 23.4 Å². The number of hydrogen-bond donors (Lipinski definition) is 0. The number of rotatable bonds is 1. The van der Waals surface area contributed by atoms with Gasteiger partial charge in [-0.3, -0.25) is 4.79 Å². The Kier molecular flexibility index (Phi) is 3.83. The van der Waals surface area contributed by atoms with E-state index < -0.39 is 0 Å². The topological polar surface area (TPSA) is 20.3 Å². The Bertz CT molecular complexity index is 454. The van der Waals surface area contributed by atoms with Crippen LogP contribution in [0.3, 0.4) is 0 Å². The molecule has 2 fully saturated rings. The number of halogens is 2. The van der Waals surface area contributed by atoms with E-state index >= 15 is 0 Å². The number of piperidine rings is 1. The van der Waals surface area contributed by atoms with E-state index in [1.165, 1.54) is 43.4 Å². The quantitative estimate of drug-likeness (QED) is 0.679. The lowest BCUT2D eigenvalue weighted by atomic mass is 9.92. The number of amides is 1. The van der Waals surface area contributed by atoms with Gasteiger partial charge < -0.3 is 4.90 Å². The smallest absolute Gasteiger partial charge is 0.264 e. The van der Waals surface area contributed by atoms with E-state index in [0.717, 1.165) is 25.6 Å². The van der Waals surface area contributed by atoms with Gasteiger partial charge in [0.2, 0.25) is 0 Å². The second kappa shape index (κ2) is 5.25. The minimum absolute atomic E-state index is 0.225. The summed E-state index contributed by atoms with van der Waals surface area (Å²) in [7, 11) is 0. The molecule has 1 amide bonds.